The van der Waals surface area contributed by atoms with E-state index in [1.54, 1.807) is 0 Å². The van der Waals surface area contributed by atoms with Crippen molar-refractivity contribution in [2.45, 2.75) is 41.1 Å². The van der Waals surface area contributed by atoms with Gasteiger partial charge in [-0.2, -0.15) is 0 Å². The molecule has 0 unspecified atom stereocenters. The molecule has 1 aromatic carbocycles. The number of nitrogens with zero attached hydrogens (tertiary/aromatic N) is 1. The molecule has 0 aliphatic carbocycles. The number of aromatic nitrogens is 1. The molecule has 3 aromatic rings. The minimum Gasteiger partial charge on any atom is -0.406 e. The molecule has 0 bridgehead atoms. The van der Waals surface area contributed by atoms with E-state index in [2.05, 4.69) is 15.0 Å². The third kappa shape index (κ3) is 4.81. The van der Waals surface area contributed by atoms with Crippen molar-refractivity contribution in [1.82, 2.24) is 10.3 Å². The van der Waals surface area contributed by atoms with Gasteiger partial charge in [-0.05, 0) is 55.7 Å². The minimum atomic E-state index is -4.72. The lowest BCUT2D eigenvalue weighted by atomic mass is 10.1. The number of pyridine rings is 1. The predicted octanol–water partition coefficient (Wildman–Crippen LogP) is 5.69. The highest BCUT2D eigenvalue weighted by atomic mass is 32.1. The SMILES string of the molecule is C.Cc1cc(C)c2c(C)c(C(=O)NCc3ccc(OC(F)(F)F)cc3)sc2n1. The van der Waals surface area contributed by atoms with Crippen LogP contribution in [0.25, 0.3) is 10.2 Å². The van der Waals surface area contributed by atoms with Gasteiger partial charge >= 0.3 is 6.36 Å². The third-order valence-corrected chi connectivity index (χ3v) is 5.23. The van der Waals surface area contributed by atoms with Gasteiger partial charge in [-0.3, -0.25) is 4.79 Å². The van der Waals surface area contributed by atoms with Crippen molar-refractivity contribution in [1.29, 1.82) is 0 Å². The molecule has 1 N–H and O–H groups in total. The smallest absolute Gasteiger partial charge is 0.406 e. The number of carbonyl (C=O) groups is 1. The predicted molar refractivity (Wildman–Crippen MR) is 105 cm³/mol. The second-order valence-electron chi connectivity index (χ2n) is 6.19. The van der Waals surface area contributed by atoms with Crippen molar-refractivity contribution >= 4 is 27.5 Å². The van der Waals surface area contributed by atoms with Gasteiger partial charge < -0.3 is 10.1 Å². The highest BCUT2D eigenvalue weighted by molar-refractivity contribution is 7.20. The van der Waals surface area contributed by atoms with E-state index in [4.69, 9.17) is 0 Å². The van der Waals surface area contributed by atoms with Crippen molar-refractivity contribution in [3.05, 3.63) is 57.6 Å². The summed E-state index contributed by atoms with van der Waals surface area (Å²) in [5, 5.41) is 3.79. The first-order chi connectivity index (χ1) is 12.6. The van der Waals surface area contributed by atoms with Gasteiger partial charge in [-0.15, -0.1) is 24.5 Å². The molecule has 2 aromatic heterocycles. The Labute approximate surface area is 165 Å². The molecule has 1 amide bonds. The molecule has 28 heavy (non-hydrogen) atoms. The van der Waals surface area contributed by atoms with Crippen molar-refractivity contribution in [3.8, 4) is 5.75 Å². The minimum absolute atomic E-state index is 0. The summed E-state index contributed by atoms with van der Waals surface area (Å²) in [4.78, 5) is 18.5. The number of hydrogen-bond acceptors (Lipinski definition) is 4. The Morgan fingerprint density at radius 3 is 2.43 bits per heavy atom. The summed E-state index contributed by atoms with van der Waals surface area (Å²) in [6.45, 7) is 5.99. The number of ether oxygens (including phenoxy) is 1. The van der Waals surface area contributed by atoms with Crippen LogP contribution >= 0.6 is 11.3 Å². The van der Waals surface area contributed by atoms with Crippen LogP contribution in [0.5, 0.6) is 5.75 Å². The van der Waals surface area contributed by atoms with Crippen molar-refractivity contribution in [2.24, 2.45) is 0 Å². The number of hydrogen-bond donors (Lipinski definition) is 1. The lowest BCUT2D eigenvalue weighted by molar-refractivity contribution is -0.274. The van der Waals surface area contributed by atoms with Gasteiger partial charge in [0.1, 0.15) is 10.6 Å². The maximum atomic E-state index is 12.6. The Morgan fingerprint density at radius 1 is 1.18 bits per heavy atom. The number of nitrogens with one attached hydrogen (secondary N) is 1. The Hall–Kier alpha value is -2.61. The highest BCUT2D eigenvalue weighted by Gasteiger charge is 2.30. The third-order valence-electron chi connectivity index (χ3n) is 4.04. The van der Waals surface area contributed by atoms with Crippen LogP contribution in [0.4, 0.5) is 13.2 Å². The van der Waals surface area contributed by atoms with E-state index in [1.807, 2.05) is 26.8 Å². The number of amides is 1. The summed E-state index contributed by atoms with van der Waals surface area (Å²) in [7, 11) is 0. The number of thiophene rings is 1. The fourth-order valence-electron chi connectivity index (χ4n) is 2.91. The zero-order chi connectivity index (χ0) is 19.8. The zero-order valence-corrected chi connectivity index (χ0v) is 15.7. The van der Waals surface area contributed by atoms with E-state index in [9.17, 15) is 18.0 Å². The fraction of sp³-hybridized carbons (Fsp3) is 0.300. The molecule has 0 saturated carbocycles. The first-order valence-electron chi connectivity index (χ1n) is 8.14. The summed E-state index contributed by atoms with van der Waals surface area (Å²) in [6.07, 6.45) is -4.72. The molecular weight excluding hydrogens is 389 g/mol. The lowest BCUT2D eigenvalue weighted by Gasteiger charge is -2.09. The average Bonchev–Trinajstić information content (AvgIpc) is 2.89. The van der Waals surface area contributed by atoms with E-state index in [0.29, 0.717) is 10.4 Å². The molecule has 8 heteroatoms. The van der Waals surface area contributed by atoms with Crippen LogP contribution in [0.15, 0.2) is 30.3 Å². The number of carbonyl (C=O) groups excluding carboxylic acids is 1. The number of alkyl halides is 3. The average molecular weight is 410 g/mol. The molecule has 0 fully saturated rings. The molecular formula is C20H21F3N2O2S. The van der Waals surface area contributed by atoms with Gasteiger partial charge in [0.2, 0.25) is 0 Å². The van der Waals surface area contributed by atoms with Gasteiger partial charge in [-0.1, -0.05) is 19.6 Å². The topological polar surface area (TPSA) is 51.2 Å². The Balaban J connectivity index is 0.00000280. The molecule has 0 atom stereocenters. The molecule has 4 nitrogen and oxygen atoms in total. The monoisotopic (exact) mass is 410 g/mol. The Morgan fingerprint density at radius 2 is 1.82 bits per heavy atom. The summed E-state index contributed by atoms with van der Waals surface area (Å²) in [5.41, 5.74) is 3.52. The summed E-state index contributed by atoms with van der Waals surface area (Å²) < 4.78 is 40.4. The van der Waals surface area contributed by atoms with Crippen LogP contribution in [0.1, 0.15) is 39.5 Å². The molecule has 0 radical (unpaired) electrons. The molecule has 0 spiro atoms. The number of rotatable bonds is 4. The van der Waals surface area contributed by atoms with Crippen LogP contribution in [0.2, 0.25) is 0 Å². The second-order valence-corrected chi connectivity index (χ2v) is 7.19. The molecule has 0 aliphatic heterocycles. The van der Waals surface area contributed by atoms with Crippen molar-refractivity contribution in [3.63, 3.8) is 0 Å². The van der Waals surface area contributed by atoms with Gasteiger partial charge in [0, 0.05) is 17.6 Å². The summed E-state index contributed by atoms with van der Waals surface area (Å²) in [6, 6.07) is 7.38. The molecule has 3 rings (SSSR count). The van der Waals surface area contributed by atoms with E-state index in [0.717, 1.165) is 27.0 Å². The van der Waals surface area contributed by atoms with Gasteiger partial charge in [-0.25, -0.2) is 4.98 Å². The molecule has 150 valence electrons. The molecule has 2 heterocycles. The molecule has 0 saturated heterocycles. The number of benzene rings is 1. The molecule has 0 aliphatic rings. The van der Waals surface area contributed by atoms with Crippen LogP contribution in [-0.4, -0.2) is 17.3 Å². The first kappa shape index (κ1) is 21.7. The van der Waals surface area contributed by atoms with E-state index < -0.39 is 6.36 Å². The van der Waals surface area contributed by atoms with Crippen LogP contribution < -0.4 is 10.1 Å². The lowest BCUT2D eigenvalue weighted by Crippen LogP contribution is -2.22. The maximum Gasteiger partial charge on any atom is 0.573 e. The van der Waals surface area contributed by atoms with Gasteiger partial charge in [0.15, 0.2) is 0 Å². The first-order valence-corrected chi connectivity index (χ1v) is 8.96. The van der Waals surface area contributed by atoms with E-state index >= 15 is 0 Å². The maximum absolute atomic E-state index is 12.6. The summed E-state index contributed by atoms with van der Waals surface area (Å²) in [5.74, 6) is -0.530. The summed E-state index contributed by atoms with van der Waals surface area (Å²) >= 11 is 1.34. The Bertz CT molecular complexity index is 995. The van der Waals surface area contributed by atoms with Crippen molar-refractivity contribution in [2.75, 3.05) is 0 Å². The van der Waals surface area contributed by atoms with Crippen LogP contribution in [0.3, 0.4) is 0 Å². The van der Waals surface area contributed by atoms with Gasteiger partial charge in [0.25, 0.3) is 5.91 Å². The number of halogens is 3. The van der Waals surface area contributed by atoms with Crippen LogP contribution in [0, 0.1) is 20.8 Å². The number of fused-ring (bicyclic) bond motifs is 1. The van der Waals surface area contributed by atoms with E-state index in [1.165, 1.54) is 35.6 Å². The standard InChI is InChI=1S/C19H17F3N2O2S.CH4/c1-10-8-11(2)24-18-15(10)12(3)16(27-18)17(25)23-9-13-4-6-14(7-5-13)26-19(20,21)22;/h4-8H,9H2,1-3H3,(H,23,25);1H4. The second kappa shape index (κ2) is 8.18. The Kier molecular flexibility index (Phi) is 6.34. The van der Waals surface area contributed by atoms with Gasteiger partial charge in [0.05, 0.1) is 4.88 Å². The highest BCUT2D eigenvalue weighted by Crippen LogP contribution is 2.32. The quantitative estimate of drug-likeness (QED) is 0.601. The zero-order valence-electron chi connectivity index (χ0n) is 14.9. The van der Waals surface area contributed by atoms with Crippen molar-refractivity contribution < 1.29 is 22.7 Å². The van der Waals surface area contributed by atoms with E-state index in [-0.39, 0.29) is 25.6 Å². The fourth-order valence-corrected chi connectivity index (χ4v) is 4.13. The number of aryl methyl sites for hydroxylation is 3. The normalized spacial score (nSPS) is 11.2. The van der Waals surface area contributed by atoms with Crippen LogP contribution in [-0.2, 0) is 6.54 Å². The largest absolute Gasteiger partial charge is 0.573 e.